The van der Waals surface area contributed by atoms with E-state index in [0.717, 1.165) is 26.6 Å². The van der Waals surface area contributed by atoms with Crippen LogP contribution in [0.15, 0.2) is 53.4 Å². The van der Waals surface area contributed by atoms with Gasteiger partial charge in [0.1, 0.15) is 11.6 Å². The molecule has 2 heterocycles. The Bertz CT molecular complexity index is 1190. The Balaban J connectivity index is 1.45. The van der Waals surface area contributed by atoms with Crippen molar-refractivity contribution in [3.05, 3.63) is 59.2 Å². The zero-order valence-corrected chi connectivity index (χ0v) is 18.8. The van der Waals surface area contributed by atoms with Gasteiger partial charge in [0.25, 0.3) is 0 Å². The minimum atomic E-state index is -0.0691. The summed E-state index contributed by atoms with van der Waals surface area (Å²) in [6, 6.07) is 15.2. The van der Waals surface area contributed by atoms with Crippen molar-refractivity contribution in [2.75, 3.05) is 18.2 Å². The molecule has 0 unspecified atom stereocenters. The highest BCUT2D eigenvalue weighted by Crippen LogP contribution is 2.30. The molecule has 1 amide bonds. The van der Waals surface area contributed by atoms with Crippen molar-refractivity contribution in [1.82, 2.24) is 14.8 Å². The van der Waals surface area contributed by atoms with Gasteiger partial charge in [0.05, 0.1) is 23.0 Å². The van der Waals surface area contributed by atoms with Crippen LogP contribution in [0.2, 0.25) is 5.02 Å². The number of carbonyl (C=O) groups is 1. The lowest BCUT2D eigenvalue weighted by Crippen LogP contribution is -2.15. The zero-order chi connectivity index (χ0) is 21.1. The van der Waals surface area contributed by atoms with Crippen LogP contribution in [0.1, 0.15) is 12.1 Å². The topological polar surface area (TPSA) is 69.0 Å². The van der Waals surface area contributed by atoms with Gasteiger partial charge < -0.3 is 10.1 Å². The van der Waals surface area contributed by atoms with E-state index in [1.807, 2.05) is 55.5 Å². The first kappa shape index (κ1) is 20.7. The molecule has 2 aromatic carbocycles. The predicted molar refractivity (Wildman–Crippen MR) is 123 cm³/mol. The zero-order valence-electron chi connectivity index (χ0n) is 16.4. The minimum absolute atomic E-state index is 0.0691. The second-order valence-corrected chi connectivity index (χ2v) is 9.13. The van der Waals surface area contributed by atoms with Crippen LogP contribution in [0.5, 0.6) is 5.75 Å². The number of anilines is 1. The molecule has 0 aliphatic heterocycles. The number of ether oxygens (including phenoxy) is 1. The summed E-state index contributed by atoms with van der Waals surface area (Å²) in [5.41, 5.74) is 1.64. The molecular weight excluding hydrogens is 440 g/mol. The fraction of sp³-hybridized carbons (Fsp3) is 0.190. The van der Waals surface area contributed by atoms with Gasteiger partial charge in [-0.05, 0) is 43.3 Å². The van der Waals surface area contributed by atoms with Crippen LogP contribution in [0.3, 0.4) is 0 Å². The monoisotopic (exact) mass is 458 g/mol. The van der Waals surface area contributed by atoms with Gasteiger partial charge >= 0.3 is 0 Å². The van der Waals surface area contributed by atoms with Crippen molar-refractivity contribution in [1.29, 1.82) is 0 Å². The maximum Gasteiger partial charge on any atom is 0.226 e. The lowest BCUT2D eigenvalue weighted by atomic mass is 10.3. The van der Waals surface area contributed by atoms with Crippen LogP contribution in [-0.4, -0.2) is 33.5 Å². The molecular formula is C21H19ClN4O2S2. The van der Waals surface area contributed by atoms with E-state index in [1.165, 1.54) is 11.3 Å². The fourth-order valence-corrected chi connectivity index (χ4v) is 4.73. The summed E-state index contributed by atoms with van der Waals surface area (Å²) in [5.74, 6) is 1.96. The number of amides is 1. The number of hydrogen-bond donors (Lipinski definition) is 1. The van der Waals surface area contributed by atoms with Crippen LogP contribution >= 0.6 is 34.7 Å². The summed E-state index contributed by atoms with van der Waals surface area (Å²) in [6.45, 7) is 1.89. The molecule has 0 bridgehead atoms. The van der Waals surface area contributed by atoms with Gasteiger partial charge in [-0.3, -0.25) is 4.79 Å². The number of halogens is 1. The summed E-state index contributed by atoms with van der Waals surface area (Å²) < 4.78 is 7.97. The van der Waals surface area contributed by atoms with Crippen molar-refractivity contribution in [2.45, 2.75) is 18.2 Å². The summed E-state index contributed by atoms with van der Waals surface area (Å²) >= 11 is 9.03. The molecule has 1 N–H and O–H groups in total. The Labute approximate surface area is 187 Å². The number of aryl methyl sites for hydroxylation is 1. The standard InChI is InChI=1S/C21H19ClN4O2S2/c1-13-11-19(24-20(27)9-10-29-16-6-3-14(22)4-7-16)26(25-13)21-23-17-12-15(28-2)5-8-18(17)30-21/h3-8,11-12H,9-10H2,1-2H3,(H,24,27). The number of thioether (sulfide) groups is 1. The molecule has 2 aromatic heterocycles. The highest BCUT2D eigenvalue weighted by Gasteiger charge is 2.15. The molecule has 0 fully saturated rings. The second kappa shape index (κ2) is 9.07. The Kier molecular flexibility index (Phi) is 6.26. The van der Waals surface area contributed by atoms with Gasteiger partial charge in [0.2, 0.25) is 11.0 Å². The van der Waals surface area contributed by atoms with Gasteiger partial charge in [-0.15, -0.1) is 11.8 Å². The number of nitrogens with one attached hydrogen (secondary N) is 1. The van der Waals surface area contributed by atoms with E-state index in [2.05, 4.69) is 15.4 Å². The van der Waals surface area contributed by atoms with Crippen molar-refractivity contribution in [3.63, 3.8) is 0 Å². The lowest BCUT2D eigenvalue weighted by molar-refractivity contribution is -0.115. The third-order valence-corrected chi connectivity index (χ3v) is 6.55. The molecule has 0 spiro atoms. The van der Waals surface area contributed by atoms with Crippen LogP contribution in [0.4, 0.5) is 5.82 Å². The van der Waals surface area contributed by atoms with E-state index in [4.69, 9.17) is 16.3 Å². The summed E-state index contributed by atoms with van der Waals surface area (Å²) in [7, 11) is 1.63. The minimum Gasteiger partial charge on any atom is -0.497 e. The van der Waals surface area contributed by atoms with Crippen LogP contribution in [-0.2, 0) is 4.79 Å². The number of aromatic nitrogens is 3. The fourth-order valence-electron chi connectivity index (χ4n) is 2.84. The molecule has 0 aliphatic rings. The van der Waals surface area contributed by atoms with Gasteiger partial charge in [-0.2, -0.15) is 9.78 Å². The number of thiazole rings is 1. The molecule has 154 valence electrons. The molecule has 9 heteroatoms. The number of nitrogens with zero attached hydrogens (tertiary/aromatic N) is 3. The molecule has 0 radical (unpaired) electrons. The highest BCUT2D eigenvalue weighted by atomic mass is 35.5. The highest BCUT2D eigenvalue weighted by molar-refractivity contribution is 7.99. The molecule has 6 nitrogen and oxygen atoms in total. The smallest absolute Gasteiger partial charge is 0.226 e. The average molecular weight is 459 g/mol. The first-order valence-electron chi connectivity index (χ1n) is 9.21. The average Bonchev–Trinajstić information content (AvgIpc) is 3.31. The number of carbonyl (C=O) groups excluding carboxylic acids is 1. The third-order valence-electron chi connectivity index (χ3n) is 4.28. The van der Waals surface area contributed by atoms with Gasteiger partial charge in [-0.1, -0.05) is 22.9 Å². The normalized spacial score (nSPS) is 11.0. The van der Waals surface area contributed by atoms with E-state index in [9.17, 15) is 4.79 Å². The number of hydrogen-bond acceptors (Lipinski definition) is 6. The number of fused-ring (bicyclic) bond motifs is 1. The number of rotatable bonds is 7. The van der Waals surface area contributed by atoms with E-state index >= 15 is 0 Å². The maximum atomic E-state index is 12.5. The molecule has 0 atom stereocenters. The summed E-state index contributed by atoms with van der Waals surface area (Å²) in [4.78, 5) is 18.2. The van der Waals surface area contributed by atoms with Crippen molar-refractivity contribution < 1.29 is 9.53 Å². The predicted octanol–water partition coefficient (Wildman–Crippen LogP) is 5.57. The second-order valence-electron chi connectivity index (χ2n) is 6.51. The lowest BCUT2D eigenvalue weighted by Gasteiger charge is -2.06. The van der Waals surface area contributed by atoms with E-state index in [-0.39, 0.29) is 5.91 Å². The van der Waals surface area contributed by atoms with E-state index in [0.29, 0.717) is 28.1 Å². The van der Waals surface area contributed by atoms with Crippen molar-refractivity contribution in [3.8, 4) is 10.9 Å². The Hall–Kier alpha value is -2.55. The molecule has 4 rings (SSSR count). The first-order valence-corrected chi connectivity index (χ1v) is 11.4. The third kappa shape index (κ3) is 4.77. The van der Waals surface area contributed by atoms with Gasteiger partial charge in [-0.25, -0.2) is 4.98 Å². The summed E-state index contributed by atoms with van der Waals surface area (Å²) in [6.07, 6.45) is 0.383. The van der Waals surface area contributed by atoms with Gasteiger partial charge in [0.15, 0.2) is 0 Å². The van der Waals surface area contributed by atoms with Crippen LogP contribution in [0.25, 0.3) is 15.3 Å². The number of methoxy groups -OCH3 is 1. The van der Waals surface area contributed by atoms with Crippen LogP contribution in [0, 0.1) is 6.92 Å². The molecule has 30 heavy (non-hydrogen) atoms. The van der Waals surface area contributed by atoms with Gasteiger partial charge in [0, 0.05) is 34.2 Å². The quantitative estimate of drug-likeness (QED) is 0.366. The van der Waals surface area contributed by atoms with Crippen molar-refractivity contribution >= 4 is 56.6 Å². The Morgan fingerprint density at radius 2 is 2.03 bits per heavy atom. The molecule has 0 saturated carbocycles. The summed E-state index contributed by atoms with van der Waals surface area (Å²) in [5, 5.41) is 8.86. The Morgan fingerprint density at radius 1 is 1.23 bits per heavy atom. The Morgan fingerprint density at radius 3 is 2.80 bits per heavy atom. The molecule has 0 saturated heterocycles. The van der Waals surface area contributed by atoms with Crippen LogP contribution < -0.4 is 10.1 Å². The van der Waals surface area contributed by atoms with E-state index in [1.54, 1.807) is 23.6 Å². The first-order chi connectivity index (χ1) is 14.5. The van der Waals surface area contributed by atoms with Crippen molar-refractivity contribution in [2.24, 2.45) is 0 Å². The SMILES string of the molecule is COc1ccc2sc(-n3nc(C)cc3NC(=O)CCSc3ccc(Cl)cc3)nc2c1. The van der Waals surface area contributed by atoms with E-state index < -0.39 is 0 Å². The largest absolute Gasteiger partial charge is 0.497 e. The molecule has 4 aromatic rings. The number of benzene rings is 2. The maximum absolute atomic E-state index is 12.5. The molecule has 0 aliphatic carbocycles.